The third-order valence-corrected chi connectivity index (χ3v) is 5.85. The summed E-state index contributed by atoms with van der Waals surface area (Å²) >= 11 is 0. The van der Waals surface area contributed by atoms with Gasteiger partial charge in [-0.2, -0.15) is 5.10 Å². The summed E-state index contributed by atoms with van der Waals surface area (Å²) < 4.78 is 17.3. The molecule has 1 aromatic carbocycles. The van der Waals surface area contributed by atoms with E-state index in [1.807, 2.05) is 35.3 Å². The van der Waals surface area contributed by atoms with Crippen molar-refractivity contribution in [1.82, 2.24) is 24.2 Å². The SMILES string of the molecule is CC(=O)N1CCn2nc(-c3ccc(F)cc3)c(-c3ccnc(NC(=O)Cn4cccc4)c3)c2C1. The first kappa shape index (κ1) is 21.6. The number of hydrogen-bond acceptors (Lipinski definition) is 4. The molecule has 5 rings (SSSR count). The topological polar surface area (TPSA) is 85.1 Å². The highest BCUT2D eigenvalue weighted by Crippen LogP contribution is 2.37. The molecule has 8 nitrogen and oxygen atoms in total. The number of hydrogen-bond donors (Lipinski definition) is 1. The van der Waals surface area contributed by atoms with Crippen LogP contribution in [0.4, 0.5) is 10.2 Å². The number of rotatable bonds is 5. The minimum absolute atomic E-state index is 0.00516. The van der Waals surface area contributed by atoms with E-state index in [9.17, 15) is 14.0 Å². The molecular weight excluding hydrogens is 435 g/mol. The molecule has 0 atom stereocenters. The molecular formula is C25H23FN6O2. The third kappa shape index (κ3) is 4.32. The zero-order valence-electron chi connectivity index (χ0n) is 18.6. The molecule has 1 aliphatic heterocycles. The van der Waals surface area contributed by atoms with Gasteiger partial charge in [-0.05, 0) is 54.1 Å². The standard InChI is InChI=1S/C25H23FN6O2/c1-17(33)31-12-13-32-21(15-31)24(25(29-32)18-4-6-20(26)7-5-18)19-8-9-27-22(14-19)28-23(34)16-30-10-2-3-11-30/h2-11,14H,12-13,15-16H2,1H3,(H,27,28,34). The maximum Gasteiger partial charge on any atom is 0.245 e. The highest BCUT2D eigenvalue weighted by molar-refractivity contribution is 5.91. The minimum Gasteiger partial charge on any atom is -0.345 e. The lowest BCUT2D eigenvalue weighted by Gasteiger charge is -2.27. The third-order valence-electron chi connectivity index (χ3n) is 5.85. The van der Waals surface area contributed by atoms with Crippen LogP contribution in [-0.2, 0) is 29.2 Å². The van der Waals surface area contributed by atoms with E-state index in [2.05, 4.69) is 10.3 Å². The van der Waals surface area contributed by atoms with Crippen molar-refractivity contribution in [3.05, 3.63) is 78.6 Å². The van der Waals surface area contributed by atoms with Gasteiger partial charge < -0.3 is 14.8 Å². The fraction of sp³-hybridized carbons (Fsp3) is 0.200. The Morgan fingerprint density at radius 2 is 1.82 bits per heavy atom. The lowest BCUT2D eigenvalue weighted by molar-refractivity contribution is -0.130. The van der Waals surface area contributed by atoms with Crippen molar-refractivity contribution in [2.45, 2.75) is 26.6 Å². The van der Waals surface area contributed by atoms with Crippen LogP contribution < -0.4 is 5.32 Å². The zero-order chi connectivity index (χ0) is 23.7. The van der Waals surface area contributed by atoms with E-state index in [0.717, 1.165) is 22.4 Å². The molecule has 1 N–H and O–H groups in total. The molecule has 0 bridgehead atoms. The summed E-state index contributed by atoms with van der Waals surface area (Å²) in [4.78, 5) is 30.6. The monoisotopic (exact) mass is 458 g/mol. The second kappa shape index (κ2) is 8.93. The summed E-state index contributed by atoms with van der Waals surface area (Å²) in [6.45, 7) is 3.28. The van der Waals surface area contributed by atoms with Crippen molar-refractivity contribution in [2.24, 2.45) is 0 Å². The Balaban J connectivity index is 1.54. The van der Waals surface area contributed by atoms with Crippen molar-refractivity contribution < 1.29 is 14.0 Å². The molecule has 1 aliphatic rings. The lowest BCUT2D eigenvalue weighted by atomic mass is 9.98. The van der Waals surface area contributed by atoms with E-state index < -0.39 is 0 Å². The summed E-state index contributed by atoms with van der Waals surface area (Å²) in [6, 6.07) is 13.5. The van der Waals surface area contributed by atoms with Gasteiger partial charge in [0.2, 0.25) is 11.8 Å². The van der Waals surface area contributed by atoms with Crippen LogP contribution in [0, 0.1) is 5.82 Å². The van der Waals surface area contributed by atoms with Crippen molar-refractivity contribution in [3.63, 3.8) is 0 Å². The van der Waals surface area contributed by atoms with Gasteiger partial charge in [0.05, 0.1) is 18.8 Å². The van der Waals surface area contributed by atoms with Gasteiger partial charge in [0.1, 0.15) is 23.9 Å². The number of aromatic nitrogens is 4. The highest BCUT2D eigenvalue weighted by atomic mass is 19.1. The Hall–Kier alpha value is -4.27. The molecule has 0 saturated heterocycles. The van der Waals surface area contributed by atoms with Crippen LogP contribution in [0.2, 0.25) is 0 Å². The van der Waals surface area contributed by atoms with Gasteiger partial charge in [0.15, 0.2) is 0 Å². The largest absolute Gasteiger partial charge is 0.345 e. The first-order valence-electron chi connectivity index (χ1n) is 11.0. The van der Waals surface area contributed by atoms with E-state index in [1.165, 1.54) is 12.1 Å². The molecule has 0 fully saturated rings. The molecule has 0 spiro atoms. The number of nitrogens with one attached hydrogen (secondary N) is 1. The van der Waals surface area contributed by atoms with Crippen molar-refractivity contribution in [2.75, 3.05) is 11.9 Å². The number of pyridine rings is 1. The Kier molecular flexibility index (Phi) is 5.67. The Bertz CT molecular complexity index is 1340. The van der Waals surface area contributed by atoms with E-state index in [4.69, 9.17) is 5.10 Å². The fourth-order valence-electron chi connectivity index (χ4n) is 4.18. The summed E-state index contributed by atoms with van der Waals surface area (Å²) in [5.74, 6) is -0.110. The van der Waals surface area contributed by atoms with Crippen LogP contribution in [0.15, 0.2) is 67.1 Å². The van der Waals surface area contributed by atoms with Crippen LogP contribution in [0.1, 0.15) is 12.6 Å². The predicted molar refractivity (Wildman–Crippen MR) is 125 cm³/mol. The minimum atomic E-state index is -0.325. The molecule has 3 aromatic heterocycles. The van der Waals surface area contributed by atoms with Crippen molar-refractivity contribution >= 4 is 17.6 Å². The van der Waals surface area contributed by atoms with Crippen LogP contribution in [0.3, 0.4) is 0 Å². The maximum absolute atomic E-state index is 13.6. The number of nitrogens with zero attached hydrogens (tertiary/aromatic N) is 5. The highest BCUT2D eigenvalue weighted by Gasteiger charge is 2.27. The van der Waals surface area contributed by atoms with Crippen LogP contribution in [0.5, 0.6) is 0 Å². The molecule has 0 saturated carbocycles. The molecule has 9 heteroatoms. The number of anilines is 1. The van der Waals surface area contributed by atoms with Gasteiger partial charge in [-0.3, -0.25) is 14.3 Å². The molecule has 4 aromatic rings. The number of benzene rings is 1. The number of halogens is 1. The summed E-state index contributed by atoms with van der Waals surface area (Å²) in [7, 11) is 0. The van der Waals surface area contributed by atoms with E-state index in [0.29, 0.717) is 31.1 Å². The van der Waals surface area contributed by atoms with Crippen LogP contribution in [0.25, 0.3) is 22.4 Å². The summed E-state index contributed by atoms with van der Waals surface area (Å²) in [5, 5.41) is 7.65. The normalized spacial score (nSPS) is 12.9. The molecule has 0 aliphatic carbocycles. The second-order valence-electron chi connectivity index (χ2n) is 8.17. The Morgan fingerprint density at radius 1 is 1.06 bits per heavy atom. The fourth-order valence-corrected chi connectivity index (χ4v) is 4.18. The zero-order valence-corrected chi connectivity index (χ0v) is 18.6. The molecule has 2 amide bonds. The average molecular weight is 458 g/mol. The van der Waals surface area contributed by atoms with Crippen LogP contribution in [-0.4, -0.2) is 42.6 Å². The van der Waals surface area contributed by atoms with Gasteiger partial charge in [0.25, 0.3) is 0 Å². The molecule has 172 valence electrons. The van der Waals surface area contributed by atoms with Crippen molar-refractivity contribution in [1.29, 1.82) is 0 Å². The molecule has 0 radical (unpaired) electrons. The van der Waals surface area contributed by atoms with Gasteiger partial charge >= 0.3 is 0 Å². The lowest BCUT2D eigenvalue weighted by Crippen LogP contribution is -2.37. The first-order valence-corrected chi connectivity index (χ1v) is 11.0. The van der Waals surface area contributed by atoms with Gasteiger partial charge in [-0.15, -0.1) is 0 Å². The van der Waals surface area contributed by atoms with Gasteiger partial charge in [-0.1, -0.05) is 0 Å². The van der Waals surface area contributed by atoms with Crippen molar-refractivity contribution in [3.8, 4) is 22.4 Å². The summed E-state index contributed by atoms with van der Waals surface area (Å²) in [5.41, 5.74) is 3.98. The second-order valence-corrected chi connectivity index (χ2v) is 8.17. The predicted octanol–water partition coefficient (Wildman–Crippen LogP) is 3.55. The maximum atomic E-state index is 13.6. The Labute approximate surface area is 195 Å². The first-order chi connectivity index (χ1) is 16.5. The van der Waals surface area contributed by atoms with E-state index in [-0.39, 0.29) is 24.2 Å². The number of fused-ring (bicyclic) bond motifs is 1. The number of carbonyl (C=O) groups excluding carboxylic acids is 2. The van der Waals surface area contributed by atoms with E-state index in [1.54, 1.807) is 40.8 Å². The van der Waals surface area contributed by atoms with Crippen LogP contribution >= 0.6 is 0 Å². The van der Waals surface area contributed by atoms with E-state index >= 15 is 0 Å². The quantitative estimate of drug-likeness (QED) is 0.496. The number of amides is 2. The molecule has 4 heterocycles. The smallest absolute Gasteiger partial charge is 0.245 e. The Morgan fingerprint density at radius 3 is 2.56 bits per heavy atom. The summed E-state index contributed by atoms with van der Waals surface area (Å²) in [6.07, 6.45) is 5.27. The molecule has 0 unspecified atom stereocenters. The molecule has 34 heavy (non-hydrogen) atoms. The average Bonchev–Trinajstić information content (AvgIpc) is 3.46. The van der Waals surface area contributed by atoms with Gasteiger partial charge in [0, 0.05) is 43.2 Å². The van der Waals surface area contributed by atoms with Gasteiger partial charge in [-0.25, -0.2) is 9.37 Å². The number of carbonyl (C=O) groups is 2.